The molecule has 2 fully saturated rings. The van der Waals surface area contributed by atoms with Crippen LogP contribution in [0.1, 0.15) is 6.42 Å². The Labute approximate surface area is 167 Å². The molecule has 0 aliphatic carbocycles. The van der Waals surface area contributed by atoms with Crippen molar-refractivity contribution in [2.24, 2.45) is 0 Å². The summed E-state index contributed by atoms with van der Waals surface area (Å²) in [6.07, 6.45) is 4.69. The minimum absolute atomic E-state index is 0.263. The average molecular weight is 386 g/mol. The minimum atomic E-state index is -0.263. The number of benzene rings is 1. The van der Waals surface area contributed by atoms with Crippen molar-refractivity contribution in [3.8, 4) is 22.5 Å². The average Bonchev–Trinajstić information content (AvgIpc) is 3.48. The van der Waals surface area contributed by atoms with E-state index < -0.39 is 0 Å². The van der Waals surface area contributed by atoms with Gasteiger partial charge in [-0.3, -0.25) is 4.98 Å². The summed E-state index contributed by atoms with van der Waals surface area (Å²) in [5.41, 5.74) is 4.27. The highest BCUT2D eigenvalue weighted by Gasteiger charge is 2.38. The Kier molecular flexibility index (Phi) is 3.64. The molecule has 2 unspecified atom stereocenters. The van der Waals surface area contributed by atoms with E-state index in [4.69, 9.17) is 10.1 Å². The number of fused-ring (bicyclic) bond motifs is 3. The first kappa shape index (κ1) is 16.6. The van der Waals surface area contributed by atoms with Crippen molar-refractivity contribution in [2.45, 2.75) is 18.5 Å². The number of piperazine rings is 1. The van der Waals surface area contributed by atoms with Crippen LogP contribution >= 0.6 is 0 Å². The molecule has 2 atom stereocenters. The fourth-order valence-corrected chi connectivity index (χ4v) is 4.50. The quantitative estimate of drug-likeness (QED) is 0.586. The SMILES string of the molecule is Fc1ccc(-c2nc3ccc(N4CC5CC4CN5)nn3c2-c2ccncc2)cc1. The van der Waals surface area contributed by atoms with Gasteiger partial charge in [0, 0.05) is 48.7 Å². The van der Waals surface area contributed by atoms with Crippen molar-refractivity contribution in [1.29, 1.82) is 0 Å². The highest BCUT2D eigenvalue weighted by Crippen LogP contribution is 2.34. The molecule has 1 aromatic carbocycles. The van der Waals surface area contributed by atoms with Crippen LogP contribution in [0.4, 0.5) is 10.2 Å². The lowest BCUT2D eigenvalue weighted by Gasteiger charge is -2.28. The number of hydrogen-bond acceptors (Lipinski definition) is 5. The van der Waals surface area contributed by atoms with Gasteiger partial charge < -0.3 is 10.2 Å². The summed E-state index contributed by atoms with van der Waals surface area (Å²) < 4.78 is 15.4. The molecule has 29 heavy (non-hydrogen) atoms. The molecule has 2 aliphatic heterocycles. The maximum absolute atomic E-state index is 13.5. The lowest BCUT2D eigenvalue weighted by molar-refractivity contribution is 0.573. The first-order chi connectivity index (χ1) is 14.3. The second kappa shape index (κ2) is 6.35. The van der Waals surface area contributed by atoms with Gasteiger partial charge in [0.15, 0.2) is 5.65 Å². The molecule has 6 nitrogen and oxygen atoms in total. The Balaban J connectivity index is 1.55. The number of aromatic nitrogens is 4. The van der Waals surface area contributed by atoms with Gasteiger partial charge in [0.05, 0.1) is 5.69 Å². The zero-order valence-corrected chi connectivity index (χ0v) is 15.7. The van der Waals surface area contributed by atoms with Gasteiger partial charge in [-0.05, 0) is 55.0 Å². The van der Waals surface area contributed by atoms with Crippen LogP contribution < -0.4 is 10.2 Å². The van der Waals surface area contributed by atoms with E-state index in [1.807, 2.05) is 28.8 Å². The Morgan fingerprint density at radius 3 is 2.52 bits per heavy atom. The molecule has 144 valence electrons. The molecule has 2 bridgehead atoms. The molecule has 4 aromatic rings. The van der Waals surface area contributed by atoms with Gasteiger partial charge in [-0.2, -0.15) is 0 Å². The molecule has 3 aromatic heterocycles. The number of rotatable bonds is 3. The van der Waals surface area contributed by atoms with Gasteiger partial charge in [0.2, 0.25) is 0 Å². The van der Waals surface area contributed by atoms with Crippen molar-refractivity contribution in [1.82, 2.24) is 24.9 Å². The summed E-state index contributed by atoms with van der Waals surface area (Å²) in [4.78, 5) is 11.4. The summed E-state index contributed by atoms with van der Waals surface area (Å²) in [5.74, 6) is 0.700. The van der Waals surface area contributed by atoms with E-state index in [2.05, 4.69) is 15.2 Å². The molecule has 2 saturated heterocycles. The lowest BCUT2D eigenvalue weighted by Crippen LogP contribution is -2.44. The summed E-state index contributed by atoms with van der Waals surface area (Å²) in [7, 11) is 0. The Hall–Kier alpha value is -3.32. The van der Waals surface area contributed by atoms with Crippen LogP contribution in [0.3, 0.4) is 0 Å². The van der Waals surface area contributed by atoms with E-state index in [1.54, 1.807) is 24.5 Å². The van der Waals surface area contributed by atoms with Crippen LogP contribution in [0.15, 0.2) is 60.9 Å². The number of anilines is 1. The van der Waals surface area contributed by atoms with E-state index in [0.29, 0.717) is 12.1 Å². The van der Waals surface area contributed by atoms with Gasteiger partial charge in [0.25, 0.3) is 0 Å². The lowest BCUT2D eigenvalue weighted by atomic mass is 10.1. The van der Waals surface area contributed by atoms with Crippen LogP contribution in [0.25, 0.3) is 28.2 Å². The smallest absolute Gasteiger partial charge is 0.155 e. The van der Waals surface area contributed by atoms with E-state index >= 15 is 0 Å². The first-order valence-corrected chi connectivity index (χ1v) is 9.82. The van der Waals surface area contributed by atoms with Gasteiger partial charge in [-0.15, -0.1) is 5.10 Å². The minimum Gasteiger partial charge on any atom is -0.349 e. The van der Waals surface area contributed by atoms with Crippen LogP contribution in [0.2, 0.25) is 0 Å². The van der Waals surface area contributed by atoms with Crippen LogP contribution in [-0.2, 0) is 0 Å². The Bertz CT molecular complexity index is 1190. The van der Waals surface area contributed by atoms with E-state index in [1.165, 1.54) is 18.6 Å². The van der Waals surface area contributed by atoms with Crippen molar-refractivity contribution in [3.05, 3.63) is 66.7 Å². The fraction of sp³-hybridized carbons (Fsp3) is 0.227. The number of halogens is 1. The number of hydrogen-bond donors (Lipinski definition) is 1. The van der Waals surface area contributed by atoms with Gasteiger partial charge in [0.1, 0.15) is 17.3 Å². The predicted molar refractivity (Wildman–Crippen MR) is 109 cm³/mol. The summed E-state index contributed by atoms with van der Waals surface area (Å²) >= 11 is 0. The summed E-state index contributed by atoms with van der Waals surface area (Å²) in [6.45, 7) is 1.99. The largest absolute Gasteiger partial charge is 0.349 e. The van der Waals surface area contributed by atoms with Gasteiger partial charge in [-0.1, -0.05) is 0 Å². The zero-order chi connectivity index (χ0) is 19.4. The molecule has 7 heteroatoms. The van der Waals surface area contributed by atoms with Crippen LogP contribution in [0.5, 0.6) is 0 Å². The molecule has 0 spiro atoms. The summed E-state index contributed by atoms with van der Waals surface area (Å²) in [6, 6.07) is 15.4. The third-order valence-corrected chi connectivity index (χ3v) is 5.89. The molecule has 0 amide bonds. The predicted octanol–water partition coefficient (Wildman–Crippen LogP) is 3.15. The topological polar surface area (TPSA) is 58.4 Å². The Morgan fingerprint density at radius 2 is 1.79 bits per heavy atom. The first-order valence-electron chi connectivity index (χ1n) is 9.82. The normalized spacial score (nSPS) is 20.7. The van der Waals surface area contributed by atoms with E-state index in [0.717, 1.165) is 47.1 Å². The molecular formula is C22H19FN6. The van der Waals surface area contributed by atoms with Crippen molar-refractivity contribution >= 4 is 11.5 Å². The van der Waals surface area contributed by atoms with Crippen LogP contribution in [-0.4, -0.2) is 44.8 Å². The van der Waals surface area contributed by atoms with Gasteiger partial charge >= 0.3 is 0 Å². The number of pyridine rings is 1. The molecular weight excluding hydrogens is 367 g/mol. The van der Waals surface area contributed by atoms with Crippen molar-refractivity contribution < 1.29 is 4.39 Å². The third-order valence-electron chi connectivity index (χ3n) is 5.89. The zero-order valence-electron chi connectivity index (χ0n) is 15.7. The number of nitrogens with one attached hydrogen (secondary N) is 1. The standard InChI is InChI=1S/C22H19FN6/c23-16-3-1-14(2-4-16)21-22(15-7-9-24-10-8-15)29-19(26-21)5-6-20(27-29)28-13-17-11-18(28)12-25-17/h1-10,17-18,25H,11-13H2. The molecule has 6 rings (SSSR count). The number of imidazole rings is 1. The van der Waals surface area contributed by atoms with Gasteiger partial charge in [-0.25, -0.2) is 13.9 Å². The monoisotopic (exact) mass is 386 g/mol. The molecule has 2 aliphatic rings. The van der Waals surface area contributed by atoms with Crippen LogP contribution in [0, 0.1) is 5.82 Å². The maximum atomic E-state index is 13.5. The fourth-order valence-electron chi connectivity index (χ4n) is 4.50. The van der Waals surface area contributed by atoms with E-state index in [9.17, 15) is 4.39 Å². The molecule has 0 saturated carbocycles. The third kappa shape index (κ3) is 2.69. The van der Waals surface area contributed by atoms with Crippen molar-refractivity contribution in [3.63, 3.8) is 0 Å². The number of nitrogens with zero attached hydrogens (tertiary/aromatic N) is 5. The molecule has 5 heterocycles. The molecule has 1 N–H and O–H groups in total. The highest BCUT2D eigenvalue weighted by molar-refractivity contribution is 5.81. The summed E-state index contributed by atoms with van der Waals surface area (Å²) in [5, 5.41) is 8.51. The van der Waals surface area contributed by atoms with E-state index in [-0.39, 0.29) is 5.82 Å². The molecule has 0 radical (unpaired) electrons. The van der Waals surface area contributed by atoms with Crippen molar-refractivity contribution in [2.75, 3.05) is 18.0 Å². The second-order valence-corrected chi connectivity index (χ2v) is 7.66. The maximum Gasteiger partial charge on any atom is 0.155 e. The highest BCUT2D eigenvalue weighted by atomic mass is 19.1. The second-order valence-electron chi connectivity index (χ2n) is 7.66. The Morgan fingerprint density at radius 1 is 0.966 bits per heavy atom.